The van der Waals surface area contributed by atoms with Crippen molar-refractivity contribution in [3.8, 4) is 11.8 Å². The van der Waals surface area contributed by atoms with Crippen LogP contribution < -0.4 is 4.90 Å². The molecule has 2 aromatic heterocycles. The Morgan fingerprint density at radius 1 is 0.950 bits per heavy atom. The first kappa shape index (κ1) is 26.4. The van der Waals surface area contributed by atoms with Gasteiger partial charge in [0.1, 0.15) is 5.82 Å². The summed E-state index contributed by atoms with van der Waals surface area (Å²) in [5, 5.41) is 33.9. The van der Waals surface area contributed by atoms with Crippen LogP contribution in [0.4, 0.5) is 19.0 Å². The predicted molar refractivity (Wildman–Crippen MR) is 147 cm³/mol. The molecule has 0 unspecified atom stereocenters. The molecule has 4 aliphatic rings. The maximum absolute atomic E-state index is 13.7. The summed E-state index contributed by atoms with van der Waals surface area (Å²) in [5.74, 6) is -0.583. The zero-order chi connectivity index (χ0) is 27.8. The number of alkyl halides is 3. The van der Waals surface area contributed by atoms with E-state index in [0.29, 0.717) is 18.0 Å². The van der Waals surface area contributed by atoms with Gasteiger partial charge in [0.15, 0.2) is 17.4 Å². The first-order chi connectivity index (χ1) is 19.2. The minimum atomic E-state index is -4.78. The molecule has 7 nitrogen and oxygen atoms in total. The Morgan fingerprint density at radius 2 is 1.62 bits per heavy atom. The fourth-order valence-electron chi connectivity index (χ4n) is 8.10. The molecule has 1 aromatic carbocycles. The molecule has 1 saturated heterocycles. The number of aromatic nitrogens is 2. The Hall–Kier alpha value is -2.50. The van der Waals surface area contributed by atoms with Crippen LogP contribution in [0.25, 0.3) is 10.1 Å². The number of hydrogen-bond acceptors (Lipinski definition) is 7. The van der Waals surface area contributed by atoms with Gasteiger partial charge >= 0.3 is 6.18 Å². The summed E-state index contributed by atoms with van der Waals surface area (Å²) in [6.07, 6.45) is -0.918. The van der Waals surface area contributed by atoms with Crippen LogP contribution in [-0.2, 0) is 6.54 Å². The largest absolute Gasteiger partial charge is 0.494 e. The van der Waals surface area contributed by atoms with Gasteiger partial charge in [-0.15, -0.1) is 0 Å². The summed E-state index contributed by atoms with van der Waals surface area (Å²) < 4.78 is 48.6. The Labute approximate surface area is 235 Å². The van der Waals surface area contributed by atoms with Crippen molar-refractivity contribution < 1.29 is 28.5 Å². The zero-order valence-electron chi connectivity index (χ0n) is 22.3. The lowest BCUT2D eigenvalue weighted by atomic mass is 9.78. The second-order valence-corrected chi connectivity index (χ2v) is 13.1. The maximum atomic E-state index is 13.7. The molecular weight excluding hydrogens is 541 g/mol. The van der Waals surface area contributed by atoms with E-state index in [2.05, 4.69) is 28.0 Å². The molecule has 3 aromatic rings. The van der Waals surface area contributed by atoms with E-state index in [4.69, 9.17) is 4.37 Å². The third-order valence-electron chi connectivity index (χ3n) is 10.2. The van der Waals surface area contributed by atoms with E-state index in [9.17, 15) is 28.5 Å². The Balaban J connectivity index is 1.04. The fraction of sp³-hybridized carbons (Fsp3) is 0.621. The molecule has 0 radical (unpaired) electrons. The molecule has 11 heteroatoms. The first-order valence-electron chi connectivity index (χ1n) is 14.4. The van der Waals surface area contributed by atoms with E-state index in [1.54, 1.807) is 0 Å². The van der Waals surface area contributed by atoms with Gasteiger partial charge in [0.25, 0.3) is 0 Å². The maximum Gasteiger partial charge on any atom is 0.417 e. The minimum Gasteiger partial charge on any atom is -0.494 e. The van der Waals surface area contributed by atoms with Crippen LogP contribution in [0.5, 0.6) is 11.8 Å². The molecule has 3 fully saturated rings. The molecule has 3 aliphatic carbocycles. The molecule has 2 saturated carbocycles. The summed E-state index contributed by atoms with van der Waals surface area (Å²) >= 11 is 1.54. The molecule has 5 atom stereocenters. The van der Waals surface area contributed by atoms with Gasteiger partial charge in [-0.1, -0.05) is 25.0 Å². The van der Waals surface area contributed by atoms with Crippen LogP contribution in [0, 0.1) is 11.8 Å². The Kier molecular flexibility index (Phi) is 6.29. The van der Waals surface area contributed by atoms with Gasteiger partial charge in [-0.2, -0.15) is 17.5 Å². The molecule has 3 N–H and O–H groups in total. The van der Waals surface area contributed by atoms with E-state index < -0.39 is 30.0 Å². The van der Waals surface area contributed by atoms with E-state index in [1.165, 1.54) is 26.2 Å². The SMILES string of the molecule is Oc1c2c(c(O)n1C[C@@H]1CCCC[C@H]1CN1CCN(c3nsc4ccccc34)CC1)[C@@H]1C[C@H]2C[C@]1(O)C(F)(F)F. The van der Waals surface area contributed by atoms with Crippen LogP contribution in [0.15, 0.2) is 24.3 Å². The van der Waals surface area contributed by atoms with Crippen LogP contribution >= 0.6 is 11.5 Å². The lowest BCUT2D eigenvalue weighted by molar-refractivity contribution is -0.264. The summed E-state index contributed by atoms with van der Waals surface area (Å²) in [6.45, 7) is 4.98. The fourth-order valence-corrected chi connectivity index (χ4v) is 8.89. The van der Waals surface area contributed by atoms with E-state index in [1.807, 2.05) is 6.07 Å². The van der Waals surface area contributed by atoms with Crippen molar-refractivity contribution in [1.82, 2.24) is 13.8 Å². The van der Waals surface area contributed by atoms with Gasteiger partial charge in [0.05, 0.1) is 4.70 Å². The van der Waals surface area contributed by atoms with Crippen molar-refractivity contribution in [3.63, 3.8) is 0 Å². The second-order valence-electron chi connectivity index (χ2n) is 12.3. The van der Waals surface area contributed by atoms with Crippen LogP contribution in [0.1, 0.15) is 61.5 Å². The van der Waals surface area contributed by atoms with Crippen LogP contribution in [0.3, 0.4) is 0 Å². The van der Waals surface area contributed by atoms with E-state index >= 15 is 0 Å². The number of benzene rings is 1. The summed E-state index contributed by atoms with van der Waals surface area (Å²) in [7, 11) is 0. The van der Waals surface area contributed by atoms with Gasteiger partial charge in [-0.25, -0.2) is 0 Å². The average molecular weight is 577 g/mol. The van der Waals surface area contributed by atoms with Crippen molar-refractivity contribution in [2.45, 2.75) is 68.7 Å². The van der Waals surface area contributed by atoms with Crippen molar-refractivity contribution in [2.24, 2.45) is 11.8 Å². The number of rotatable bonds is 5. The van der Waals surface area contributed by atoms with Crippen molar-refractivity contribution in [3.05, 3.63) is 35.4 Å². The molecule has 0 amide bonds. The zero-order valence-corrected chi connectivity index (χ0v) is 23.1. The summed E-state index contributed by atoms with van der Waals surface area (Å²) in [4.78, 5) is 4.86. The number of piperazine rings is 1. The van der Waals surface area contributed by atoms with Gasteiger partial charge < -0.3 is 20.2 Å². The molecule has 216 valence electrons. The first-order valence-corrected chi connectivity index (χ1v) is 15.2. The summed E-state index contributed by atoms with van der Waals surface area (Å²) in [6, 6.07) is 8.32. The lowest BCUT2D eigenvalue weighted by Crippen LogP contribution is -2.49. The van der Waals surface area contributed by atoms with Crippen LogP contribution in [-0.4, -0.2) is 73.7 Å². The lowest BCUT2D eigenvalue weighted by Gasteiger charge is -2.40. The molecule has 3 heterocycles. The monoisotopic (exact) mass is 576 g/mol. The third-order valence-corrected chi connectivity index (χ3v) is 11.0. The van der Waals surface area contributed by atoms with Crippen molar-refractivity contribution in [1.29, 1.82) is 0 Å². The number of fused-ring (bicyclic) bond motifs is 6. The highest BCUT2D eigenvalue weighted by atomic mass is 32.1. The highest BCUT2D eigenvalue weighted by Crippen LogP contribution is 2.67. The molecule has 7 rings (SSSR count). The second kappa shape index (κ2) is 9.52. The number of hydrogen-bond donors (Lipinski definition) is 3. The Morgan fingerprint density at radius 3 is 2.35 bits per heavy atom. The predicted octanol–water partition coefficient (Wildman–Crippen LogP) is 5.41. The minimum absolute atomic E-state index is 0.103. The average Bonchev–Trinajstić information content (AvgIpc) is 3.68. The highest BCUT2D eigenvalue weighted by molar-refractivity contribution is 7.13. The smallest absolute Gasteiger partial charge is 0.417 e. The molecule has 40 heavy (non-hydrogen) atoms. The molecular formula is C29H35F3N4O3S. The van der Waals surface area contributed by atoms with Crippen molar-refractivity contribution in [2.75, 3.05) is 37.6 Å². The molecule has 0 spiro atoms. The summed E-state index contributed by atoms with van der Waals surface area (Å²) in [5.41, 5.74) is -2.33. The Bertz CT molecular complexity index is 1420. The number of halogens is 3. The third kappa shape index (κ3) is 4.02. The number of aliphatic hydroxyl groups is 1. The molecule has 2 bridgehead atoms. The van der Waals surface area contributed by atoms with Gasteiger partial charge in [-0.3, -0.25) is 9.47 Å². The van der Waals surface area contributed by atoms with E-state index in [-0.39, 0.29) is 29.7 Å². The number of aromatic hydroxyl groups is 2. The van der Waals surface area contributed by atoms with Gasteiger partial charge in [0, 0.05) is 61.7 Å². The molecule has 1 aliphatic heterocycles. The number of anilines is 1. The van der Waals surface area contributed by atoms with E-state index in [0.717, 1.165) is 64.2 Å². The van der Waals surface area contributed by atoms with Gasteiger partial charge in [0.2, 0.25) is 0 Å². The van der Waals surface area contributed by atoms with Crippen LogP contribution in [0.2, 0.25) is 0 Å². The van der Waals surface area contributed by atoms with Crippen molar-refractivity contribution >= 4 is 27.4 Å². The highest BCUT2D eigenvalue weighted by Gasteiger charge is 2.68. The standard InChI is InChI=1S/C29H35F3N4O3S/c30-29(31,32)28(39)14-19-13-21(28)24-23(19)26(37)36(27(24)38)16-18-6-2-1-5-17(18)15-34-9-11-35(12-10-34)25-20-7-3-4-8-22(20)40-33-25/h3-4,7-8,17-19,21,37-39H,1-2,5-6,9-16H2/t17-,18-,19-,21-,28+/m0/s1. The topological polar surface area (TPSA) is 85.0 Å². The number of nitrogens with zero attached hydrogens (tertiary/aromatic N) is 4. The van der Waals surface area contributed by atoms with Gasteiger partial charge in [-0.05, 0) is 67.1 Å². The normalized spacial score (nSPS) is 30.9. The quantitative estimate of drug-likeness (QED) is 0.377.